The van der Waals surface area contributed by atoms with Crippen LogP contribution in [-0.2, 0) is 4.84 Å². The average Bonchev–Trinajstić information content (AvgIpc) is 2.09. The van der Waals surface area contributed by atoms with Gasteiger partial charge in [-0.15, -0.1) is 0 Å². The van der Waals surface area contributed by atoms with Crippen molar-refractivity contribution in [1.82, 2.24) is 10.4 Å². The van der Waals surface area contributed by atoms with Crippen LogP contribution in [0.1, 0.15) is 19.8 Å². The van der Waals surface area contributed by atoms with Crippen LogP contribution >= 0.6 is 0 Å². The van der Waals surface area contributed by atoms with Crippen molar-refractivity contribution in [2.75, 3.05) is 26.7 Å². The molecule has 1 heterocycles. The number of nitrogens with zero attached hydrogens (tertiary/aromatic N) is 1. The molecule has 0 amide bonds. The van der Waals surface area contributed by atoms with E-state index in [0.717, 1.165) is 19.6 Å². The van der Waals surface area contributed by atoms with Gasteiger partial charge in [-0.1, -0.05) is 6.92 Å². The van der Waals surface area contributed by atoms with Crippen molar-refractivity contribution in [3.05, 3.63) is 0 Å². The van der Waals surface area contributed by atoms with Gasteiger partial charge in [-0.05, 0) is 19.4 Å². The van der Waals surface area contributed by atoms with Gasteiger partial charge >= 0.3 is 0 Å². The Morgan fingerprint density at radius 2 is 2.45 bits per heavy atom. The highest BCUT2D eigenvalue weighted by Gasteiger charge is 2.18. The normalized spacial score (nSPS) is 25.9. The molecule has 0 aromatic carbocycles. The summed E-state index contributed by atoms with van der Waals surface area (Å²) in [5.74, 6) is 0. The summed E-state index contributed by atoms with van der Waals surface area (Å²) in [6, 6.07) is 0.582. The van der Waals surface area contributed by atoms with Gasteiger partial charge in [-0.3, -0.25) is 0 Å². The lowest BCUT2D eigenvalue weighted by Gasteiger charge is -2.31. The Balaban J connectivity index is 2.30. The molecule has 1 atom stereocenters. The van der Waals surface area contributed by atoms with Crippen LogP contribution in [0.15, 0.2) is 0 Å². The fourth-order valence-corrected chi connectivity index (χ4v) is 1.62. The molecule has 0 aliphatic carbocycles. The fraction of sp³-hybridized carbons (Fsp3) is 1.00. The second kappa shape index (κ2) is 4.70. The molecule has 0 aromatic heterocycles. The monoisotopic (exact) mass is 158 g/mol. The minimum Gasteiger partial charge on any atom is -0.315 e. The van der Waals surface area contributed by atoms with E-state index in [1.807, 2.05) is 5.06 Å². The van der Waals surface area contributed by atoms with Gasteiger partial charge in [0.05, 0.1) is 7.11 Å². The zero-order valence-corrected chi connectivity index (χ0v) is 7.47. The molecule has 0 spiro atoms. The van der Waals surface area contributed by atoms with E-state index >= 15 is 0 Å². The van der Waals surface area contributed by atoms with Crippen molar-refractivity contribution in [3.63, 3.8) is 0 Å². The molecule has 1 rings (SSSR count). The summed E-state index contributed by atoms with van der Waals surface area (Å²) in [6.07, 6.45) is 2.53. The maximum Gasteiger partial charge on any atom is 0.0575 e. The number of rotatable bonds is 3. The van der Waals surface area contributed by atoms with Crippen molar-refractivity contribution < 1.29 is 4.84 Å². The predicted octanol–water partition coefficient (Wildman–Crippen LogP) is 0.622. The number of piperidine rings is 1. The molecule has 3 nitrogen and oxygen atoms in total. The minimum atomic E-state index is 0.582. The Hall–Kier alpha value is -0.120. The second-order valence-electron chi connectivity index (χ2n) is 2.92. The zero-order chi connectivity index (χ0) is 8.10. The maximum absolute atomic E-state index is 5.23. The van der Waals surface area contributed by atoms with E-state index in [2.05, 4.69) is 12.2 Å². The summed E-state index contributed by atoms with van der Waals surface area (Å²) < 4.78 is 0. The van der Waals surface area contributed by atoms with Crippen LogP contribution in [0.4, 0.5) is 0 Å². The molecule has 1 aliphatic heterocycles. The van der Waals surface area contributed by atoms with Crippen LogP contribution < -0.4 is 5.32 Å². The van der Waals surface area contributed by atoms with Gasteiger partial charge in [0.15, 0.2) is 0 Å². The zero-order valence-electron chi connectivity index (χ0n) is 7.47. The average molecular weight is 158 g/mol. The van der Waals surface area contributed by atoms with Crippen LogP contribution in [0, 0.1) is 0 Å². The smallest absolute Gasteiger partial charge is 0.0575 e. The van der Waals surface area contributed by atoms with Crippen molar-refractivity contribution in [3.8, 4) is 0 Å². The Kier molecular flexibility index (Phi) is 3.83. The first-order chi connectivity index (χ1) is 5.38. The molecule has 0 aromatic rings. The number of hydrogen-bond acceptors (Lipinski definition) is 3. The number of hydrogen-bond donors (Lipinski definition) is 1. The van der Waals surface area contributed by atoms with Crippen LogP contribution in [0.5, 0.6) is 0 Å². The van der Waals surface area contributed by atoms with E-state index in [-0.39, 0.29) is 0 Å². The molecule has 0 radical (unpaired) electrons. The molecular weight excluding hydrogens is 140 g/mol. The molecule has 3 heteroatoms. The summed E-state index contributed by atoms with van der Waals surface area (Å²) in [4.78, 5) is 5.23. The molecule has 1 saturated heterocycles. The van der Waals surface area contributed by atoms with E-state index < -0.39 is 0 Å². The number of hydroxylamine groups is 2. The molecular formula is C8H18N2O. The molecule has 1 aliphatic rings. The van der Waals surface area contributed by atoms with Crippen molar-refractivity contribution in [1.29, 1.82) is 0 Å². The van der Waals surface area contributed by atoms with E-state index in [1.54, 1.807) is 7.11 Å². The van der Waals surface area contributed by atoms with Crippen molar-refractivity contribution in [2.24, 2.45) is 0 Å². The summed E-state index contributed by atoms with van der Waals surface area (Å²) in [6.45, 7) is 5.33. The van der Waals surface area contributed by atoms with Gasteiger partial charge in [0.25, 0.3) is 0 Å². The number of likely N-dealkylation sites (N-methyl/N-ethyl adjacent to an activating group) is 1. The summed E-state index contributed by atoms with van der Waals surface area (Å²) in [5.41, 5.74) is 0. The van der Waals surface area contributed by atoms with Crippen LogP contribution in [-0.4, -0.2) is 37.8 Å². The number of nitrogens with one attached hydrogen (secondary N) is 1. The highest BCUT2D eigenvalue weighted by Crippen LogP contribution is 2.09. The first-order valence-corrected chi connectivity index (χ1v) is 4.40. The molecule has 0 saturated carbocycles. The van der Waals surface area contributed by atoms with Gasteiger partial charge in [-0.25, -0.2) is 0 Å². The molecule has 0 bridgehead atoms. The second-order valence-corrected chi connectivity index (χ2v) is 2.92. The van der Waals surface area contributed by atoms with Crippen LogP contribution in [0.25, 0.3) is 0 Å². The SMILES string of the molecule is CCN(OC)C1CCCNC1. The minimum absolute atomic E-state index is 0.582. The Morgan fingerprint density at radius 3 is 2.91 bits per heavy atom. The third kappa shape index (κ3) is 2.43. The Labute approximate surface area is 68.7 Å². The van der Waals surface area contributed by atoms with Gasteiger partial charge < -0.3 is 10.2 Å². The topological polar surface area (TPSA) is 24.5 Å². The van der Waals surface area contributed by atoms with Crippen LogP contribution in [0.3, 0.4) is 0 Å². The lowest BCUT2D eigenvalue weighted by Crippen LogP contribution is -2.45. The lowest BCUT2D eigenvalue weighted by atomic mass is 10.1. The fourth-order valence-electron chi connectivity index (χ4n) is 1.62. The third-order valence-electron chi connectivity index (χ3n) is 2.22. The van der Waals surface area contributed by atoms with Gasteiger partial charge in [-0.2, -0.15) is 5.06 Å². The van der Waals surface area contributed by atoms with Gasteiger partial charge in [0.1, 0.15) is 0 Å². The van der Waals surface area contributed by atoms with E-state index in [0.29, 0.717) is 6.04 Å². The first kappa shape index (κ1) is 8.97. The van der Waals surface area contributed by atoms with E-state index in [4.69, 9.17) is 4.84 Å². The molecule has 1 N–H and O–H groups in total. The van der Waals surface area contributed by atoms with Crippen LogP contribution in [0.2, 0.25) is 0 Å². The maximum atomic E-state index is 5.23. The standard InChI is InChI=1S/C8H18N2O/c1-3-10(11-2)8-5-4-6-9-7-8/h8-9H,3-7H2,1-2H3. The van der Waals surface area contributed by atoms with Crippen molar-refractivity contribution in [2.45, 2.75) is 25.8 Å². The first-order valence-electron chi connectivity index (χ1n) is 4.40. The Bertz CT molecular complexity index is 98.3. The van der Waals surface area contributed by atoms with Crippen molar-refractivity contribution >= 4 is 0 Å². The van der Waals surface area contributed by atoms with E-state index in [9.17, 15) is 0 Å². The molecule has 66 valence electrons. The third-order valence-corrected chi connectivity index (χ3v) is 2.22. The molecule has 11 heavy (non-hydrogen) atoms. The summed E-state index contributed by atoms with van der Waals surface area (Å²) in [7, 11) is 1.75. The van der Waals surface area contributed by atoms with E-state index in [1.165, 1.54) is 12.8 Å². The van der Waals surface area contributed by atoms with Gasteiger partial charge in [0, 0.05) is 19.1 Å². The molecule has 1 fully saturated rings. The molecule has 1 unspecified atom stereocenters. The lowest BCUT2D eigenvalue weighted by molar-refractivity contribution is -0.161. The van der Waals surface area contributed by atoms with Gasteiger partial charge in [0.2, 0.25) is 0 Å². The predicted molar refractivity (Wildman–Crippen MR) is 45.3 cm³/mol. The highest BCUT2D eigenvalue weighted by atomic mass is 16.7. The summed E-state index contributed by atoms with van der Waals surface area (Å²) in [5, 5.41) is 5.41. The largest absolute Gasteiger partial charge is 0.315 e. The Morgan fingerprint density at radius 1 is 1.64 bits per heavy atom. The summed E-state index contributed by atoms with van der Waals surface area (Å²) >= 11 is 0. The quantitative estimate of drug-likeness (QED) is 0.609. The highest BCUT2D eigenvalue weighted by molar-refractivity contribution is 4.73.